The molecule has 3 atom stereocenters. The molecule has 0 radical (unpaired) electrons. The van der Waals surface area contributed by atoms with Gasteiger partial charge in [-0.2, -0.15) is 12.6 Å². The number of carbonyl (C=O) groups excluding carboxylic acids is 1. The van der Waals surface area contributed by atoms with Crippen molar-refractivity contribution in [2.75, 3.05) is 0 Å². The summed E-state index contributed by atoms with van der Waals surface area (Å²) < 4.78 is 5.20. The average molecular weight is 261 g/mol. The molecular formula is C12H23NO3S. The highest BCUT2D eigenvalue weighted by Crippen LogP contribution is 2.22. The lowest BCUT2D eigenvalue weighted by Gasteiger charge is -2.22. The number of thiol groups is 1. The number of nitrogens with one attached hydrogen (secondary N) is 1. The van der Waals surface area contributed by atoms with Crippen molar-refractivity contribution in [1.82, 2.24) is 5.32 Å². The van der Waals surface area contributed by atoms with E-state index in [1.165, 1.54) is 0 Å². The van der Waals surface area contributed by atoms with Crippen molar-refractivity contribution in [2.24, 2.45) is 0 Å². The molecule has 0 aromatic heterocycles. The molecule has 1 amide bonds. The van der Waals surface area contributed by atoms with E-state index in [1.54, 1.807) is 0 Å². The van der Waals surface area contributed by atoms with Crippen molar-refractivity contribution in [3.8, 4) is 0 Å². The van der Waals surface area contributed by atoms with Crippen LogP contribution >= 0.6 is 12.6 Å². The molecule has 0 aromatic carbocycles. The van der Waals surface area contributed by atoms with Crippen molar-refractivity contribution in [3.05, 3.63) is 0 Å². The highest BCUT2D eigenvalue weighted by atomic mass is 32.1. The molecule has 17 heavy (non-hydrogen) atoms. The third-order valence-corrected chi connectivity index (χ3v) is 3.39. The maximum Gasteiger partial charge on any atom is 0.407 e. The van der Waals surface area contributed by atoms with Crippen LogP contribution in [0.3, 0.4) is 0 Å². The van der Waals surface area contributed by atoms with E-state index in [9.17, 15) is 9.90 Å². The zero-order valence-electron chi connectivity index (χ0n) is 10.8. The lowest BCUT2D eigenvalue weighted by molar-refractivity contribution is 0.0498. The second kappa shape index (κ2) is 5.96. The first-order valence-corrected chi connectivity index (χ1v) is 6.65. The van der Waals surface area contributed by atoms with Crippen LogP contribution < -0.4 is 5.32 Å². The third kappa shape index (κ3) is 5.64. The van der Waals surface area contributed by atoms with Gasteiger partial charge in [-0.3, -0.25) is 0 Å². The number of rotatable bonds is 1. The summed E-state index contributed by atoms with van der Waals surface area (Å²) in [6.45, 7) is 5.52. The summed E-state index contributed by atoms with van der Waals surface area (Å²) in [4.78, 5) is 11.6. The second-order valence-electron chi connectivity index (χ2n) is 5.63. The number of aliphatic hydroxyl groups excluding tert-OH is 1. The Morgan fingerprint density at radius 1 is 1.29 bits per heavy atom. The topological polar surface area (TPSA) is 58.6 Å². The minimum absolute atomic E-state index is 0.0143. The van der Waals surface area contributed by atoms with Crippen molar-refractivity contribution < 1.29 is 14.6 Å². The first kappa shape index (κ1) is 14.6. The molecule has 2 N–H and O–H groups in total. The molecule has 1 aliphatic rings. The minimum atomic E-state index is -0.472. The van der Waals surface area contributed by atoms with E-state index in [1.807, 2.05) is 20.8 Å². The first-order chi connectivity index (χ1) is 7.78. The standard InChI is InChI=1S/C12H23NO3S/c1-12(2,3)16-11(15)13-8-4-6-9(14)10(17)7-5-8/h8-10,14,17H,4-7H2,1-3H3,(H,13,15). The molecule has 0 bridgehead atoms. The monoisotopic (exact) mass is 261 g/mol. The van der Waals surface area contributed by atoms with E-state index < -0.39 is 5.60 Å². The van der Waals surface area contributed by atoms with Gasteiger partial charge in [0.05, 0.1) is 6.10 Å². The zero-order chi connectivity index (χ0) is 13.1. The number of amides is 1. The Morgan fingerprint density at radius 3 is 2.47 bits per heavy atom. The first-order valence-electron chi connectivity index (χ1n) is 6.13. The molecule has 5 heteroatoms. The van der Waals surface area contributed by atoms with Crippen molar-refractivity contribution >= 4 is 18.7 Å². The van der Waals surface area contributed by atoms with Crippen LogP contribution in [-0.4, -0.2) is 34.2 Å². The molecule has 0 aromatic rings. The predicted molar refractivity (Wildman–Crippen MR) is 70.4 cm³/mol. The fourth-order valence-corrected chi connectivity index (χ4v) is 2.19. The summed E-state index contributed by atoms with van der Waals surface area (Å²) in [5.41, 5.74) is -0.472. The predicted octanol–water partition coefficient (Wildman–Crippen LogP) is 2.11. The average Bonchev–Trinajstić information content (AvgIpc) is 2.30. The normalized spacial score (nSPS) is 30.5. The summed E-state index contributed by atoms with van der Waals surface area (Å²) in [6.07, 6.45) is 2.35. The van der Waals surface area contributed by atoms with Crippen molar-refractivity contribution in [1.29, 1.82) is 0 Å². The van der Waals surface area contributed by atoms with Gasteiger partial charge in [-0.15, -0.1) is 0 Å². The van der Waals surface area contributed by atoms with Crippen LogP contribution in [0.25, 0.3) is 0 Å². The van der Waals surface area contributed by atoms with Gasteiger partial charge in [0, 0.05) is 11.3 Å². The maximum atomic E-state index is 11.6. The Kier molecular flexibility index (Phi) is 5.13. The van der Waals surface area contributed by atoms with Crippen LogP contribution in [-0.2, 0) is 4.74 Å². The number of alkyl carbamates (subject to hydrolysis) is 1. The van der Waals surface area contributed by atoms with Gasteiger partial charge in [-0.05, 0) is 46.5 Å². The van der Waals surface area contributed by atoms with Gasteiger partial charge >= 0.3 is 6.09 Å². The van der Waals surface area contributed by atoms with Crippen molar-refractivity contribution in [3.63, 3.8) is 0 Å². The smallest absolute Gasteiger partial charge is 0.407 e. The van der Waals surface area contributed by atoms with Gasteiger partial charge in [-0.25, -0.2) is 4.79 Å². The quantitative estimate of drug-likeness (QED) is 0.500. The number of ether oxygens (including phenoxy) is 1. The van der Waals surface area contributed by atoms with Gasteiger partial charge in [0.15, 0.2) is 0 Å². The Bertz CT molecular complexity index is 253. The van der Waals surface area contributed by atoms with Gasteiger partial charge in [0.1, 0.15) is 5.60 Å². The van der Waals surface area contributed by atoms with Crippen LogP contribution in [0.4, 0.5) is 4.79 Å². The lowest BCUT2D eigenvalue weighted by atomic mass is 10.1. The number of hydrogen-bond acceptors (Lipinski definition) is 4. The Balaban J connectivity index is 2.39. The van der Waals surface area contributed by atoms with E-state index in [4.69, 9.17) is 4.74 Å². The zero-order valence-corrected chi connectivity index (χ0v) is 11.7. The molecule has 100 valence electrons. The highest BCUT2D eigenvalue weighted by Gasteiger charge is 2.25. The molecule has 0 heterocycles. The molecule has 4 nitrogen and oxygen atoms in total. The highest BCUT2D eigenvalue weighted by molar-refractivity contribution is 7.81. The molecule has 3 unspecified atom stereocenters. The van der Waals surface area contributed by atoms with Gasteiger partial charge in [-0.1, -0.05) is 0 Å². The van der Waals surface area contributed by atoms with Crippen LogP contribution in [0, 0.1) is 0 Å². The third-order valence-electron chi connectivity index (χ3n) is 2.79. The molecule has 0 spiro atoms. The van der Waals surface area contributed by atoms with Crippen LogP contribution in [0.2, 0.25) is 0 Å². The molecule has 1 aliphatic carbocycles. The van der Waals surface area contributed by atoms with Gasteiger partial charge < -0.3 is 15.2 Å². The molecular weight excluding hydrogens is 238 g/mol. The van der Waals surface area contributed by atoms with E-state index >= 15 is 0 Å². The largest absolute Gasteiger partial charge is 0.444 e. The molecule has 0 saturated heterocycles. The summed E-state index contributed by atoms with van der Waals surface area (Å²) in [7, 11) is 0. The molecule has 0 aliphatic heterocycles. The SMILES string of the molecule is CC(C)(C)OC(=O)NC1CCC(O)C(S)CC1. The lowest BCUT2D eigenvalue weighted by Crippen LogP contribution is -2.38. The number of aliphatic hydroxyl groups is 1. The Labute approximate surface area is 109 Å². The van der Waals surface area contributed by atoms with Crippen LogP contribution in [0.1, 0.15) is 46.5 Å². The van der Waals surface area contributed by atoms with Gasteiger partial charge in [0.2, 0.25) is 0 Å². The van der Waals surface area contributed by atoms with Crippen LogP contribution in [0.15, 0.2) is 0 Å². The van der Waals surface area contributed by atoms with E-state index in [0.29, 0.717) is 6.42 Å². The Morgan fingerprint density at radius 2 is 1.88 bits per heavy atom. The second-order valence-corrected chi connectivity index (χ2v) is 6.30. The summed E-state index contributed by atoms with van der Waals surface area (Å²) in [5, 5.41) is 12.5. The number of hydrogen-bond donors (Lipinski definition) is 3. The molecule has 1 fully saturated rings. The van der Waals surface area contributed by atoms with Gasteiger partial charge in [0.25, 0.3) is 0 Å². The fourth-order valence-electron chi connectivity index (χ4n) is 1.89. The minimum Gasteiger partial charge on any atom is -0.444 e. The molecule has 1 saturated carbocycles. The van der Waals surface area contributed by atoms with E-state index in [-0.39, 0.29) is 23.5 Å². The number of carbonyl (C=O) groups is 1. The maximum absolute atomic E-state index is 11.6. The molecule has 1 rings (SSSR count). The van der Waals surface area contributed by atoms with E-state index in [2.05, 4.69) is 17.9 Å². The van der Waals surface area contributed by atoms with Crippen molar-refractivity contribution in [2.45, 2.75) is 69.5 Å². The summed E-state index contributed by atoms with van der Waals surface area (Å²) in [6, 6.07) is 0.0802. The summed E-state index contributed by atoms with van der Waals surface area (Å²) >= 11 is 4.33. The summed E-state index contributed by atoms with van der Waals surface area (Å²) in [5.74, 6) is 0. The fraction of sp³-hybridized carbons (Fsp3) is 0.917. The van der Waals surface area contributed by atoms with E-state index in [0.717, 1.165) is 19.3 Å². The van der Waals surface area contributed by atoms with Crippen LogP contribution in [0.5, 0.6) is 0 Å². The Hall–Kier alpha value is -0.420.